The van der Waals surface area contributed by atoms with Crippen molar-refractivity contribution in [1.29, 1.82) is 0 Å². The number of thiophene rings is 1. The van der Waals surface area contributed by atoms with Crippen molar-refractivity contribution < 1.29 is 4.79 Å². The van der Waals surface area contributed by atoms with Crippen molar-refractivity contribution in [3.63, 3.8) is 0 Å². The van der Waals surface area contributed by atoms with Gasteiger partial charge in [-0.3, -0.25) is 9.36 Å². The van der Waals surface area contributed by atoms with Gasteiger partial charge in [0, 0.05) is 18.5 Å². The van der Waals surface area contributed by atoms with Gasteiger partial charge < -0.3 is 4.90 Å². The largest absolute Gasteiger partial charge is 0.333 e. The zero-order valence-corrected chi connectivity index (χ0v) is 25.5. The number of aryl methyl sites for hydroxylation is 1. The number of thioether (sulfide) groups is 1. The van der Waals surface area contributed by atoms with Gasteiger partial charge in [0.05, 0.1) is 16.3 Å². The second-order valence-electron chi connectivity index (χ2n) is 9.82. The monoisotopic (exact) mass is 607 g/mol. The summed E-state index contributed by atoms with van der Waals surface area (Å²) in [7, 11) is 0. The molecule has 0 bridgehead atoms. The highest BCUT2D eigenvalue weighted by Crippen LogP contribution is 2.32. The molecule has 210 valence electrons. The first kappa shape index (κ1) is 28.1. The van der Waals surface area contributed by atoms with E-state index >= 15 is 0 Å². The highest BCUT2D eigenvalue weighted by molar-refractivity contribution is 7.98. The first-order chi connectivity index (χ1) is 20.6. The Labute approximate surface area is 257 Å². The first-order valence-corrected chi connectivity index (χ1v) is 16.4. The summed E-state index contributed by atoms with van der Waals surface area (Å²) in [5.74, 6) is 1.36. The average Bonchev–Trinajstić information content (AvgIpc) is 3.80. The highest BCUT2D eigenvalue weighted by Gasteiger charge is 2.21. The summed E-state index contributed by atoms with van der Waals surface area (Å²) >= 11 is 4.73. The second kappa shape index (κ2) is 13.3. The van der Waals surface area contributed by atoms with Crippen LogP contribution in [0.4, 0.5) is 0 Å². The van der Waals surface area contributed by atoms with Gasteiger partial charge in [-0.2, -0.15) is 0 Å². The van der Waals surface area contributed by atoms with Crippen LogP contribution in [0.15, 0.2) is 113 Å². The first-order valence-electron chi connectivity index (χ1n) is 13.6. The Bertz CT molecular complexity index is 1750. The standard InChI is InChI=1S/C33H29N5OS3/c1-24-10-8-15-27(20-24)38-31(29-16-9-19-40-29)35-36-33(38)42-23-30-34-28(22-41-30)32(39)37(21-26-13-6-3-7-14-26)18-17-25-11-4-2-5-12-25/h2-16,19-20,22H,17-18,21,23H2,1H3. The molecule has 0 N–H and O–H groups in total. The number of hydrogen-bond donors (Lipinski definition) is 0. The molecule has 6 rings (SSSR count). The van der Waals surface area contributed by atoms with Crippen molar-refractivity contribution in [2.24, 2.45) is 0 Å². The minimum Gasteiger partial charge on any atom is -0.333 e. The van der Waals surface area contributed by atoms with Gasteiger partial charge in [0.1, 0.15) is 10.7 Å². The highest BCUT2D eigenvalue weighted by atomic mass is 32.2. The lowest BCUT2D eigenvalue weighted by Crippen LogP contribution is -2.32. The summed E-state index contributed by atoms with van der Waals surface area (Å²) in [6.45, 7) is 3.24. The number of thiazole rings is 1. The van der Waals surface area contributed by atoms with E-state index in [0.717, 1.165) is 38.5 Å². The number of carbonyl (C=O) groups is 1. The van der Waals surface area contributed by atoms with Crippen LogP contribution in [0.2, 0.25) is 0 Å². The third-order valence-electron chi connectivity index (χ3n) is 6.75. The summed E-state index contributed by atoms with van der Waals surface area (Å²) in [6.07, 6.45) is 0.785. The molecule has 0 aliphatic heterocycles. The Kier molecular flexibility index (Phi) is 8.89. The molecule has 0 unspecified atom stereocenters. The van der Waals surface area contributed by atoms with E-state index in [4.69, 9.17) is 4.98 Å². The lowest BCUT2D eigenvalue weighted by atomic mass is 10.1. The van der Waals surface area contributed by atoms with Crippen LogP contribution in [0.5, 0.6) is 0 Å². The van der Waals surface area contributed by atoms with Crippen molar-refractivity contribution in [3.05, 3.63) is 135 Å². The van der Waals surface area contributed by atoms with Crippen LogP contribution in [0.1, 0.15) is 32.2 Å². The number of rotatable bonds is 11. The molecule has 1 amide bonds. The second-order valence-corrected chi connectivity index (χ2v) is 12.7. The van der Waals surface area contributed by atoms with Crippen molar-refractivity contribution >= 4 is 40.3 Å². The fourth-order valence-electron chi connectivity index (χ4n) is 4.66. The van der Waals surface area contributed by atoms with Gasteiger partial charge >= 0.3 is 0 Å². The van der Waals surface area contributed by atoms with Gasteiger partial charge in [-0.25, -0.2) is 4.98 Å². The normalized spacial score (nSPS) is 11.1. The molecule has 3 aromatic heterocycles. The number of hydrogen-bond acceptors (Lipinski definition) is 7. The van der Waals surface area contributed by atoms with E-state index in [9.17, 15) is 4.79 Å². The third kappa shape index (κ3) is 6.70. The molecule has 0 fully saturated rings. The Morgan fingerprint density at radius 1 is 0.881 bits per heavy atom. The van der Waals surface area contributed by atoms with E-state index in [0.29, 0.717) is 24.5 Å². The van der Waals surface area contributed by atoms with E-state index in [-0.39, 0.29) is 5.91 Å². The van der Waals surface area contributed by atoms with Gasteiger partial charge in [0.25, 0.3) is 5.91 Å². The number of aromatic nitrogens is 4. The molecule has 0 saturated heterocycles. The fourth-order valence-corrected chi connectivity index (χ4v) is 7.09. The zero-order valence-electron chi connectivity index (χ0n) is 23.1. The zero-order chi connectivity index (χ0) is 28.7. The maximum atomic E-state index is 13.7. The predicted octanol–water partition coefficient (Wildman–Crippen LogP) is 7.94. The average molecular weight is 608 g/mol. The van der Waals surface area contributed by atoms with Gasteiger partial charge in [-0.15, -0.1) is 32.9 Å². The number of amides is 1. The Morgan fingerprint density at radius 3 is 2.40 bits per heavy atom. The summed E-state index contributed by atoms with van der Waals surface area (Å²) < 4.78 is 2.11. The number of carbonyl (C=O) groups excluding carboxylic acids is 1. The van der Waals surface area contributed by atoms with E-state index in [1.807, 2.05) is 58.1 Å². The minimum atomic E-state index is -0.0507. The molecule has 42 heavy (non-hydrogen) atoms. The smallest absolute Gasteiger partial charge is 0.273 e. The summed E-state index contributed by atoms with van der Waals surface area (Å²) in [6, 6.07) is 32.8. The molecule has 3 heterocycles. The predicted molar refractivity (Wildman–Crippen MR) is 172 cm³/mol. The quantitative estimate of drug-likeness (QED) is 0.140. The SMILES string of the molecule is Cc1cccc(-n2c(SCc3nc(C(=O)N(CCc4ccccc4)Cc4ccccc4)cs3)nnc2-c2cccs2)c1. The lowest BCUT2D eigenvalue weighted by molar-refractivity contribution is 0.0740. The van der Waals surface area contributed by atoms with E-state index in [2.05, 4.69) is 76.3 Å². The molecule has 0 saturated carbocycles. The molecule has 0 radical (unpaired) electrons. The Hall–Kier alpha value is -4.05. The van der Waals surface area contributed by atoms with E-state index < -0.39 is 0 Å². The molecule has 0 aliphatic carbocycles. The molecule has 0 aliphatic rings. The van der Waals surface area contributed by atoms with Crippen LogP contribution in [-0.2, 0) is 18.7 Å². The maximum absolute atomic E-state index is 13.7. The van der Waals surface area contributed by atoms with E-state index in [1.54, 1.807) is 23.1 Å². The number of benzene rings is 3. The van der Waals surface area contributed by atoms with Gasteiger partial charge in [-0.05, 0) is 53.6 Å². The van der Waals surface area contributed by atoms with Crippen molar-refractivity contribution in [3.8, 4) is 16.4 Å². The van der Waals surface area contributed by atoms with Crippen LogP contribution in [0.3, 0.4) is 0 Å². The van der Waals surface area contributed by atoms with E-state index in [1.165, 1.54) is 22.5 Å². The molecule has 0 atom stereocenters. The fraction of sp³-hybridized carbons (Fsp3) is 0.152. The summed E-state index contributed by atoms with van der Waals surface area (Å²) in [5, 5.41) is 14.7. The molecule has 6 nitrogen and oxygen atoms in total. The number of nitrogens with zero attached hydrogens (tertiary/aromatic N) is 5. The van der Waals surface area contributed by atoms with Crippen LogP contribution in [-0.4, -0.2) is 37.1 Å². The van der Waals surface area contributed by atoms with Crippen LogP contribution in [0, 0.1) is 6.92 Å². The topological polar surface area (TPSA) is 63.9 Å². The van der Waals surface area contributed by atoms with Crippen LogP contribution in [0.25, 0.3) is 16.4 Å². The molecule has 6 aromatic rings. The van der Waals surface area contributed by atoms with Gasteiger partial charge in [0.15, 0.2) is 11.0 Å². The van der Waals surface area contributed by atoms with Crippen molar-refractivity contribution in [2.75, 3.05) is 6.54 Å². The van der Waals surface area contributed by atoms with Gasteiger partial charge in [-0.1, -0.05) is 90.6 Å². The van der Waals surface area contributed by atoms with Gasteiger partial charge in [0.2, 0.25) is 0 Å². The summed E-state index contributed by atoms with van der Waals surface area (Å²) in [4.78, 5) is 21.4. The molecule has 0 spiro atoms. The lowest BCUT2D eigenvalue weighted by Gasteiger charge is -2.22. The Morgan fingerprint density at radius 2 is 1.67 bits per heavy atom. The Balaban J connectivity index is 1.20. The minimum absolute atomic E-state index is 0.0507. The van der Waals surface area contributed by atoms with Crippen LogP contribution < -0.4 is 0 Å². The molecule has 3 aromatic carbocycles. The van der Waals surface area contributed by atoms with Crippen molar-refractivity contribution in [1.82, 2.24) is 24.6 Å². The molecular formula is C33H29N5OS3. The van der Waals surface area contributed by atoms with Crippen molar-refractivity contribution in [2.45, 2.75) is 30.8 Å². The maximum Gasteiger partial charge on any atom is 0.273 e. The summed E-state index contributed by atoms with van der Waals surface area (Å²) in [5.41, 5.74) is 4.99. The molecule has 9 heteroatoms. The third-order valence-corrected chi connectivity index (χ3v) is 9.58. The van der Waals surface area contributed by atoms with Crippen LogP contribution >= 0.6 is 34.4 Å². The molecular weight excluding hydrogens is 579 g/mol.